The molecule has 2 N–H and O–H groups in total. The summed E-state index contributed by atoms with van der Waals surface area (Å²) in [6, 6.07) is 11.8. The first kappa shape index (κ1) is 23.3. The lowest BCUT2D eigenvalue weighted by Gasteiger charge is -2.55. The van der Waals surface area contributed by atoms with E-state index in [4.69, 9.17) is 4.74 Å². The first-order valence-corrected chi connectivity index (χ1v) is 12.4. The number of ketones is 1. The molecule has 6 rings (SSSR count). The van der Waals surface area contributed by atoms with E-state index in [2.05, 4.69) is 5.32 Å². The van der Waals surface area contributed by atoms with Crippen LogP contribution in [0.1, 0.15) is 60.0 Å². The van der Waals surface area contributed by atoms with Gasteiger partial charge in [0, 0.05) is 11.5 Å². The Balaban J connectivity index is 1.18. The van der Waals surface area contributed by atoms with Crippen molar-refractivity contribution in [2.24, 2.45) is 23.2 Å². The molecule has 0 heterocycles. The number of benzene rings is 2. The molecule has 0 radical (unpaired) electrons. The Hall–Kier alpha value is -3.41. The second-order valence-corrected chi connectivity index (χ2v) is 10.6. The molecule has 0 aromatic heterocycles. The number of aryl methyl sites for hydroxylation is 1. The highest BCUT2D eigenvalue weighted by molar-refractivity contribution is 6.06. The average Bonchev–Trinajstić information content (AvgIpc) is 2.81. The summed E-state index contributed by atoms with van der Waals surface area (Å²) in [7, 11) is 0. The number of nitrogens with one attached hydrogen (secondary N) is 1. The van der Waals surface area contributed by atoms with Crippen LogP contribution in [0.15, 0.2) is 48.5 Å². The number of carbonyl (C=O) groups excluding carboxylic acids is 2. The first-order valence-electron chi connectivity index (χ1n) is 12.4. The van der Waals surface area contributed by atoms with Crippen molar-refractivity contribution >= 4 is 29.4 Å². The highest BCUT2D eigenvalue weighted by atomic mass is 16.5. The molecular weight excluding hydrogens is 442 g/mol. The molecule has 4 fully saturated rings. The standard InChI is InChI=1S/C29H31NO5/c1-18-10-19(7-9-27(32)30-24-5-3-2-4-23(24)28(33)34)6-8-25(18)35-17-26(31)29-14-20-11-21(15-29)13-22(12-20)16-29/h2-10,20-22H,11-17H2,1H3,(H,30,32)(H,33,34)/b9-7+. The van der Waals surface area contributed by atoms with Crippen LogP contribution in [0.2, 0.25) is 0 Å². The Labute approximate surface area is 205 Å². The fourth-order valence-corrected chi connectivity index (χ4v) is 6.81. The molecule has 0 aliphatic heterocycles. The minimum atomic E-state index is -1.10. The van der Waals surface area contributed by atoms with Crippen molar-refractivity contribution in [3.05, 3.63) is 65.2 Å². The monoisotopic (exact) mass is 473 g/mol. The number of carbonyl (C=O) groups is 3. The predicted octanol–water partition coefficient (Wildman–Crippen LogP) is 5.51. The molecular formula is C29H31NO5. The van der Waals surface area contributed by atoms with Gasteiger partial charge >= 0.3 is 5.97 Å². The number of ether oxygens (including phenoxy) is 1. The van der Waals surface area contributed by atoms with Crippen molar-refractivity contribution in [2.45, 2.75) is 45.4 Å². The molecule has 6 heteroatoms. The van der Waals surface area contributed by atoms with E-state index in [0.29, 0.717) is 5.75 Å². The molecule has 35 heavy (non-hydrogen) atoms. The summed E-state index contributed by atoms with van der Waals surface area (Å²) in [5.74, 6) is 1.61. The highest BCUT2D eigenvalue weighted by Gasteiger charge is 2.54. The maximum atomic E-state index is 13.2. The van der Waals surface area contributed by atoms with Crippen molar-refractivity contribution in [1.29, 1.82) is 0 Å². The smallest absolute Gasteiger partial charge is 0.337 e. The molecule has 0 atom stereocenters. The molecule has 1 amide bonds. The van der Waals surface area contributed by atoms with Gasteiger partial charge in [-0.1, -0.05) is 18.2 Å². The zero-order valence-corrected chi connectivity index (χ0v) is 20.0. The molecule has 0 unspecified atom stereocenters. The third-order valence-corrected chi connectivity index (χ3v) is 8.03. The van der Waals surface area contributed by atoms with Crippen LogP contribution in [0.4, 0.5) is 5.69 Å². The van der Waals surface area contributed by atoms with Gasteiger partial charge in [0.15, 0.2) is 5.78 Å². The molecule has 4 aliphatic rings. The number of Topliss-reactive ketones (excluding diaryl/α,β-unsaturated/α-hetero) is 1. The molecule has 6 nitrogen and oxygen atoms in total. The van der Waals surface area contributed by atoms with Gasteiger partial charge in [-0.05, 0) is 105 Å². The Morgan fingerprint density at radius 3 is 2.31 bits per heavy atom. The molecule has 182 valence electrons. The zero-order valence-electron chi connectivity index (χ0n) is 20.0. The van der Waals surface area contributed by atoms with E-state index < -0.39 is 11.9 Å². The quantitative estimate of drug-likeness (QED) is 0.493. The van der Waals surface area contributed by atoms with Gasteiger partial charge in [-0.25, -0.2) is 4.79 Å². The molecule has 2 aromatic rings. The van der Waals surface area contributed by atoms with Crippen molar-refractivity contribution < 1.29 is 24.2 Å². The number of carboxylic acids is 1. The maximum absolute atomic E-state index is 13.2. The van der Waals surface area contributed by atoms with Crippen LogP contribution in [0.3, 0.4) is 0 Å². The van der Waals surface area contributed by atoms with Crippen LogP contribution < -0.4 is 10.1 Å². The van der Waals surface area contributed by atoms with Gasteiger partial charge in [0.2, 0.25) is 5.91 Å². The number of para-hydroxylation sites is 1. The van der Waals surface area contributed by atoms with Gasteiger partial charge in [0.05, 0.1) is 11.3 Å². The third kappa shape index (κ3) is 4.88. The number of rotatable bonds is 8. The van der Waals surface area contributed by atoms with E-state index in [1.807, 2.05) is 25.1 Å². The summed E-state index contributed by atoms with van der Waals surface area (Å²) >= 11 is 0. The molecule has 2 aromatic carbocycles. The van der Waals surface area contributed by atoms with E-state index in [9.17, 15) is 19.5 Å². The first-order chi connectivity index (χ1) is 16.8. The largest absolute Gasteiger partial charge is 0.486 e. The second-order valence-electron chi connectivity index (χ2n) is 10.6. The Morgan fingerprint density at radius 2 is 1.69 bits per heavy atom. The van der Waals surface area contributed by atoms with Crippen LogP contribution in [-0.4, -0.2) is 29.4 Å². The van der Waals surface area contributed by atoms with Crippen LogP contribution in [0.5, 0.6) is 5.75 Å². The van der Waals surface area contributed by atoms with Crippen LogP contribution in [0, 0.1) is 30.1 Å². The van der Waals surface area contributed by atoms with E-state index >= 15 is 0 Å². The average molecular weight is 474 g/mol. The zero-order chi connectivity index (χ0) is 24.6. The second kappa shape index (κ2) is 9.33. The predicted molar refractivity (Wildman–Crippen MR) is 133 cm³/mol. The number of hydrogen-bond donors (Lipinski definition) is 2. The van der Waals surface area contributed by atoms with E-state index in [1.165, 1.54) is 31.4 Å². The van der Waals surface area contributed by atoms with Crippen molar-refractivity contribution in [1.82, 2.24) is 0 Å². The van der Waals surface area contributed by atoms with Crippen molar-refractivity contribution in [3.63, 3.8) is 0 Å². The minimum absolute atomic E-state index is 0.0367. The van der Waals surface area contributed by atoms with Gasteiger partial charge in [0.1, 0.15) is 12.4 Å². The summed E-state index contributed by atoms with van der Waals surface area (Å²) < 4.78 is 5.97. The topological polar surface area (TPSA) is 92.7 Å². The maximum Gasteiger partial charge on any atom is 0.337 e. The van der Waals surface area contributed by atoms with E-state index in [-0.39, 0.29) is 29.1 Å². The Bertz CT molecular complexity index is 1160. The van der Waals surface area contributed by atoms with Gasteiger partial charge < -0.3 is 15.2 Å². The molecule has 4 saturated carbocycles. The van der Waals surface area contributed by atoms with Crippen molar-refractivity contribution in [2.75, 3.05) is 11.9 Å². The SMILES string of the molecule is Cc1cc(/C=C/C(=O)Nc2ccccc2C(=O)O)ccc1OCC(=O)C12CC3CC(CC(C3)C1)C2. The lowest BCUT2D eigenvalue weighted by atomic mass is 9.48. The van der Waals surface area contributed by atoms with E-state index in [1.54, 1.807) is 24.3 Å². The summed E-state index contributed by atoms with van der Waals surface area (Å²) in [4.78, 5) is 36.8. The molecule has 4 aliphatic carbocycles. The Morgan fingerprint density at radius 1 is 1.03 bits per heavy atom. The van der Waals surface area contributed by atoms with Crippen LogP contribution in [0.25, 0.3) is 6.08 Å². The Kier molecular flexibility index (Phi) is 6.22. The van der Waals surface area contributed by atoms with Gasteiger partial charge in [-0.3, -0.25) is 9.59 Å². The fraction of sp³-hybridized carbons (Fsp3) is 0.414. The van der Waals surface area contributed by atoms with Gasteiger partial charge in [0.25, 0.3) is 0 Å². The third-order valence-electron chi connectivity index (χ3n) is 8.03. The number of anilines is 1. The summed E-state index contributed by atoms with van der Waals surface area (Å²) in [6.45, 7) is 2.04. The minimum Gasteiger partial charge on any atom is -0.486 e. The number of amides is 1. The number of carboxylic acid groups (broad SMARTS) is 1. The molecule has 0 saturated heterocycles. The number of hydrogen-bond acceptors (Lipinski definition) is 4. The van der Waals surface area contributed by atoms with Crippen LogP contribution >= 0.6 is 0 Å². The normalized spacial score (nSPS) is 26.6. The summed E-state index contributed by atoms with van der Waals surface area (Å²) in [5.41, 5.74) is 1.83. The fourth-order valence-electron chi connectivity index (χ4n) is 6.81. The lowest BCUT2D eigenvalue weighted by Crippen LogP contribution is -2.51. The van der Waals surface area contributed by atoms with E-state index in [0.717, 1.165) is 48.1 Å². The van der Waals surface area contributed by atoms with Gasteiger partial charge in [-0.2, -0.15) is 0 Å². The summed E-state index contributed by atoms with van der Waals surface area (Å²) in [6.07, 6.45) is 10.1. The lowest BCUT2D eigenvalue weighted by molar-refractivity contribution is -0.146. The number of aromatic carboxylic acids is 1. The molecule has 0 spiro atoms. The highest BCUT2D eigenvalue weighted by Crippen LogP contribution is 2.60. The van der Waals surface area contributed by atoms with Crippen molar-refractivity contribution in [3.8, 4) is 5.75 Å². The van der Waals surface area contributed by atoms with Gasteiger partial charge in [-0.15, -0.1) is 0 Å². The van der Waals surface area contributed by atoms with Crippen LogP contribution in [-0.2, 0) is 9.59 Å². The summed E-state index contributed by atoms with van der Waals surface area (Å²) in [5, 5.41) is 11.9. The molecule has 4 bridgehead atoms.